The van der Waals surface area contributed by atoms with E-state index in [4.69, 9.17) is 0 Å². The second kappa shape index (κ2) is 13.0. The van der Waals surface area contributed by atoms with Gasteiger partial charge in [-0.15, -0.1) is 20.4 Å². The van der Waals surface area contributed by atoms with Crippen LogP contribution in [0, 0.1) is 0 Å². The number of halogens is 6. The molecule has 0 aliphatic heterocycles. The van der Waals surface area contributed by atoms with Crippen LogP contribution in [0.5, 0.6) is 0 Å². The van der Waals surface area contributed by atoms with E-state index >= 15 is 0 Å². The van der Waals surface area contributed by atoms with E-state index in [0.29, 0.717) is 16.4 Å². The van der Waals surface area contributed by atoms with E-state index in [2.05, 4.69) is 31.0 Å². The van der Waals surface area contributed by atoms with E-state index in [0.717, 1.165) is 43.5 Å². The first-order valence-corrected chi connectivity index (χ1v) is 15.1. The molecule has 0 unspecified atom stereocenters. The van der Waals surface area contributed by atoms with E-state index in [1.807, 2.05) is 0 Å². The van der Waals surface area contributed by atoms with Crippen molar-refractivity contribution in [3.63, 3.8) is 0 Å². The van der Waals surface area contributed by atoms with Crippen molar-refractivity contribution in [3.05, 3.63) is 80.8 Å². The highest BCUT2D eigenvalue weighted by molar-refractivity contribution is 7.15. The third kappa shape index (κ3) is 8.16. The van der Waals surface area contributed by atoms with E-state index < -0.39 is 35.3 Å². The van der Waals surface area contributed by atoms with Gasteiger partial charge in [0.1, 0.15) is 10.0 Å². The maximum Gasteiger partial charge on any atom is 0.416 e. The van der Waals surface area contributed by atoms with Gasteiger partial charge in [-0.2, -0.15) is 26.3 Å². The van der Waals surface area contributed by atoms with E-state index in [9.17, 15) is 35.9 Å². The molecule has 0 radical (unpaired) electrons. The summed E-state index contributed by atoms with van der Waals surface area (Å²) in [5.74, 6) is -0.957. The lowest BCUT2D eigenvalue weighted by Gasteiger charge is -2.25. The fraction of sp³-hybridized carbons (Fsp3) is 0.357. The Kier molecular flexibility index (Phi) is 9.29. The highest BCUT2D eigenvalue weighted by atomic mass is 32.1. The monoisotopic (exact) mass is 654 g/mol. The van der Waals surface area contributed by atoms with Crippen LogP contribution in [0.15, 0.2) is 48.5 Å². The molecule has 8 nitrogen and oxygen atoms in total. The van der Waals surface area contributed by atoms with Gasteiger partial charge in [0.15, 0.2) is 0 Å². The van der Waals surface area contributed by atoms with E-state index in [-0.39, 0.29) is 46.1 Å². The minimum atomic E-state index is -4.50. The molecule has 0 saturated heterocycles. The molecular formula is C28H24F6N6O2S2. The van der Waals surface area contributed by atoms with Crippen LogP contribution in [0.1, 0.15) is 69.8 Å². The van der Waals surface area contributed by atoms with Crippen molar-refractivity contribution >= 4 is 44.8 Å². The predicted molar refractivity (Wildman–Crippen MR) is 151 cm³/mol. The maximum absolute atomic E-state index is 13.0. The summed E-state index contributed by atoms with van der Waals surface area (Å²) in [5.41, 5.74) is -1.21. The first kappa shape index (κ1) is 31.5. The van der Waals surface area contributed by atoms with Crippen molar-refractivity contribution in [1.29, 1.82) is 0 Å². The van der Waals surface area contributed by atoms with Gasteiger partial charge in [0.05, 0.1) is 24.0 Å². The minimum Gasteiger partial charge on any atom is -0.300 e. The number of nitrogens with zero attached hydrogens (tertiary/aromatic N) is 4. The number of nitrogens with one attached hydrogen (secondary N) is 2. The Balaban J connectivity index is 1.15. The highest BCUT2D eigenvalue weighted by Crippen LogP contribution is 2.43. The van der Waals surface area contributed by atoms with Gasteiger partial charge in [0.2, 0.25) is 22.1 Å². The average molecular weight is 655 g/mol. The van der Waals surface area contributed by atoms with Crippen LogP contribution >= 0.6 is 22.7 Å². The molecule has 5 rings (SSSR count). The number of carbonyl (C=O) groups excluding carboxylic acids is 2. The molecule has 2 amide bonds. The normalized spacial score (nSPS) is 17.3. The summed E-state index contributed by atoms with van der Waals surface area (Å²) in [7, 11) is 0. The molecule has 0 bridgehead atoms. The Bertz CT molecular complexity index is 1520. The Labute approximate surface area is 254 Å². The van der Waals surface area contributed by atoms with Crippen LogP contribution in [-0.2, 0) is 34.8 Å². The van der Waals surface area contributed by atoms with Crippen LogP contribution in [0.4, 0.5) is 36.6 Å². The van der Waals surface area contributed by atoms with Crippen molar-refractivity contribution in [2.24, 2.45) is 0 Å². The summed E-state index contributed by atoms with van der Waals surface area (Å²) < 4.78 is 77.8. The van der Waals surface area contributed by atoms with Gasteiger partial charge in [-0.1, -0.05) is 65.5 Å². The summed E-state index contributed by atoms with van der Waals surface area (Å²) in [6.45, 7) is 0. The molecule has 1 aliphatic carbocycles. The molecule has 2 aromatic carbocycles. The summed E-state index contributed by atoms with van der Waals surface area (Å²) in [6, 6.07) is 9.17. The molecule has 1 fully saturated rings. The lowest BCUT2D eigenvalue weighted by molar-refractivity contribution is -0.138. The average Bonchev–Trinajstić information content (AvgIpc) is 3.62. The maximum atomic E-state index is 13.0. The second-order valence-corrected chi connectivity index (χ2v) is 12.3. The summed E-state index contributed by atoms with van der Waals surface area (Å²) in [5, 5.41) is 23.7. The van der Waals surface area contributed by atoms with E-state index in [1.54, 1.807) is 0 Å². The molecule has 1 saturated carbocycles. The number of anilines is 2. The molecule has 16 heteroatoms. The van der Waals surface area contributed by atoms with Crippen molar-refractivity contribution < 1.29 is 35.9 Å². The summed E-state index contributed by atoms with van der Waals surface area (Å²) >= 11 is 2.41. The molecule has 4 aromatic rings. The quantitative estimate of drug-likeness (QED) is 0.194. The second-order valence-electron chi connectivity index (χ2n) is 10.3. The highest BCUT2D eigenvalue weighted by Gasteiger charge is 2.32. The fourth-order valence-electron chi connectivity index (χ4n) is 4.95. The largest absolute Gasteiger partial charge is 0.416 e. The molecule has 232 valence electrons. The van der Waals surface area contributed by atoms with Crippen molar-refractivity contribution in [3.8, 4) is 0 Å². The zero-order valence-electron chi connectivity index (χ0n) is 22.7. The first-order chi connectivity index (χ1) is 20.8. The predicted octanol–water partition coefficient (Wildman–Crippen LogP) is 7.23. The van der Waals surface area contributed by atoms with Crippen LogP contribution in [0.3, 0.4) is 0 Å². The molecule has 2 heterocycles. The number of hydrogen-bond acceptors (Lipinski definition) is 8. The number of hydrogen-bond donors (Lipinski definition) is 2. The van der Waals surface area contributed by atoms with Crippen LogP contribution in [-0.4, -0.2) is 32.2 Å². The van der Waals surface area contributed by atoms with Crippen LogP contribution < -0.4 is 10.6 Å². The van der Waals surface area contributed by atoms with Crippen molar-refractivity contribution in [1.82, 2.24) is 20.4 Å². The molecule has 2 aromatic heterocycles. The lowest BCUT2D eigenvalue weighted by Crippen LogP contribution is -2.15. The number of alkyl halides is 6. The Morgan fingerprint density at radius 3 is 1.55 bits per heavy atom. The zero-order chi connectivity index (χ0) is 31.5. The van der Waals surface area contributed by atoms with Gasteiger partial charge in [-0.25, -0.2) is 0 Å². The Hall–Kier alpha value is -3.92. The molecule has 44 heavy (non-hydrogen) atoms. The van der Waals surface area contributed by atoms with Crippen LogP contribution in [0.25, 0.3) is 0 Å². The number of aromatic nitrogens is 4. The SMILES string of the molecule is O=C(Cc1cccc(C(F)(F)F)c1)Nc1nnc([C@H]2CCC[C@H](c3nnc(NC(=O)Cc4cccc(C(F)(F)F)c4)s3)C2)s1. The molecular weight excluding hydrogens is 630 g/mol. The minimum absolute atomic E-state index is 0.0308. The summed E-state index contributed by atoms with van der Waals surface area (Å²) in [4.78, 5) is 24.9. The van der Waals surface area contributed by atoms with Gasteiger partial charge in [-0.05, 0) is 42.5 Å². The number of amides is 2. The molecule has 2 atom stereocenters. The molecule has 2 N–H and O–H groups in total. The van der Waals surface area contributed by atoms with Gasteiger partial charge in [-0.3, -0.25) is 9.59 Å². The van der Waals surface area contributed by atoms with Gasteiger partial charge in [0.25, 0.3) is 0 Å². The lowest BCUT2D eigenvalue weighted by atomic mass is 9.82. The first-order valence-electron chi connectivity index (χ1n) is 13.4. The molecule has 0 spiro atoms. The number of carbonyl (C=O) groups is 2. The third-order valence-electron chi connectivity index (χ3n) is 6.98. The Morgan fingerprint density at radius 1 is 0.705 bits per heavy atom. The van der Waals surface area contributed by atoms with Crippen molar-refractivity contribution in [2.45, 2.75) is 62.7 Å². The third-order valence-corrected chi connectivity index (χ3v) is 8.99. The van der Waals surface area contributed by atoms with Crippen LogP contribution in [0.2, 0.25) is 0 Å². The van der Waals surface area contributed by atoms with Gasteiger partial charge < -0.3 is 10.6 Å². The van der Waals surface area contributed by atoms with Crippen molar-refractivity contribution in [2.75, 3.05) is 10.6 Å². The van der Waals surface area contributed by atoms with Gasteiger partial charge >= 0.3 is 12.4 Å². The standard InChI is InChI=1S/C28H24F6N6O2S2/c29-27(30,31)19-8-1-4-15(10-19)12-21(41)35-25-39-37-23(43-25)17-6-3-7-18(14-17)24-38-40-26(44-24)36-22(42)13-16-5-2-9-20(11-16)28(32,33)34/h1-2,4-5,8-11,17-18H,3,6-7,12-14H2,(H,35,39,41)(H,36,40,42)/t17-,18-/m0/s1. The Morgan fingerprint density at radius 2 is 1.14 bits per heavy atom. The smallest absolute Gasteiger partial charge is 0.300 e. The number of benzene rings is 2. The van der Waals surface area contributed by atoms with Gasteiger partial charge in [0, 0.05) is 11.8 Å². The fourth-order valence-corrected chi connectivity index (χ4v) is 6.77. The number of rotatable bonds is 8. The van der Waals surface area contributed by atoms with E-state index in [1.165, 1.54) is 46.9 Å². The zero-order valence-corrected chi connectivity index (χ0v) is 24.3. The summed E-state index contributed by atoms with van der Waals surface area (Å²) in [6.07, 6.45) is -6.29. The molecule has 1 aliphatic rings. The topological polar surface area (TPSA) is 110 Å².